The zero-order valence-electron chi connectivity index (χ0n) is 12.6. The fourth-order valence-corrected chi connectivity index (χ4v) is 2.42. The first-order valence-corrected chi connectivity index (χ1v) is 7.32. The minimum absolute atomic E-state index is 0.233. The predicted octanol–water partition coefficient (Wildman–Crippen LogP) is 5.37. The molecule has 0 spiro atoms. The first-order chi connectivity index (χ1) is 11.1. The van der Waals surface area contributed by atoms with E-state index in [4.69, 9.17) is 13.1 Å². The third-order valence-corrected chi connectivity index (χ3v) is 3.95. The van der Waals surface area contributed by atoms with Crippen LogP contribution in [0.3, 0.4) is 0 Å². The average molecular weight is 310 g/mol. The first kappa shape index (κ1) is 16.6. The molecule has 0 amide bonds. The third-order valence-electron chi connectivity index (χ3n) is 3.95. The van der Waals surface area contributed by atoms with Crippen LogP contribution < -0.4 is 0 Å². The van der Waals surface area contributed by atoms with Crippen molar-refractivity contribution in [2.75, 3.05) is 0 Å². The molecule has 0 radical (unpaired) electrons. The molecule has 0 atom stereocenters. The van der Waals surface area contributed by atoms with Crippen molar-refractivity contribution in [2.45, 2.75) is 31.3 Å². The van der Waals surface area contributed by atoms with E-state index in [1.807, 2.05) is 0 Å². The van der Waals surface area contributed by atoms with Gasteiger partial charge in [0.25, 0.3) is 5.54 Å². The minimum Gasteiger partial charge on any atom is -0.312 e. The molecule has 1 fully saturated rings. The topological polar surface area (TPSA) is 8.72 Å². The molecular weight excluding hydrogens is 294 g/mol. The van der Waals surface area contributed by atoms with E-state index in [1.165, 1.54) is 24.3 Å². The zero-order chi connectivity index (χ0) is 16.7. The minimum atomic E-state index is -0.326. The number of rotatable bonds is 2. The molecule has 3 rings (SSSR count). The normalized spacial score (nSPS) is 14.4. The molecule has 0 N–H and O–H groups in total. The van der Waals surface area contributed by atoms with E-state index >= 15 is 0 Å². The lowest BCUT2D eigenvalue weighted by molar-refractivity contribution is 0.310. The SMILES string of the molecule is [C-]#[N+]C1(c2ccc(F)cc2)CCC1.[C-]#[N+]Cc1ccc(F)cc1. The summed E-state index contributed by atoms with van der Waals surface area (Å²) < 4.78 is 24.9. The fraction of sp³-hybridized carbons (Fsp3) is 0.263. The summed E-state index contributed by atoms with van der Waals surface area (Å²) in [6.07, 6.45) is 2.95. The highest BCUT2D eigenvalue weighted by molar-refractivity contribution is 5.31. The van der Waals surface area contributed by atoms with Crippen molar-refractivity contribution < 1.29 is 8.78 Å². The monoisotopic (exact) mass is 310 g/mol. The second kappa shape index (κ2) is 7.51. The molecule has 23 heavy (non-hydrogen) atoms. The molecule has 0 saturated heterocycles. The molecule has 0 aromatic heterocycles. The van der Waals surface area contributed by atoms with Crippen molar-refractivity contribution >= 4 is 0 Å². The molecule has 0 bridgehead atoms. The van der Waals surface area contributed by atoms with E-state index in [1.54, 1.807) is 24.3 Å². The Morgan fingerprint density at radius 1 is 0.870 bits per heavy atom. The van der Waals surface area contributed by atoms with E-state index < -0.39 is 0 Å². The standard InChI is InChI=1S/C11H10FN.C8H6FN/c1-13-11(7-2-8-11)9-3-5-10(12)6-4-9;1-10-6-7-2-4-8(9)5-3-7/h3-6H,2,7-8H2;2-5H,6H2. The van der Waals surface area contributed by atoms with Gasteiger partial charge in [-0.15, -0.1) is 0 Å². The second-order valence-corrected chi connectivity index (χ2v) is 5.45. The molecule has 1 aliphatic rings. The third kappa shape index (κ3) is 4.14. The zero-order valence-corrected chi connectivity index (χ0v) is 12.6. The Kier molecular flexibility index (Phi) is 5.44. The maximum absolute atomic E-state index is 12.6. The van der Waals surface area contributed by atoms with Crippen molar-refractivity contribution in [1.82, 2.24) is 0 Å². The Morgan fingerprint density at radius 3 is 1.78 bits per heavy atom. The van der Waals surface area contributed by atoms with Gasteiger partial charge in [-0.25, -0.2) is 21.9 Å². The summed E-state index contributed by atoms with van der Waals surface area (Å²) in [5, 5.41) is 0. The van der Waals surface area contributed by atoms with Gasteiger partial charge in [-0.1, -0.05) is 0 Å². The van der Waals surface area contributed by atoms with Crippen LogP contribution in [0.1, 0.15) is 30.4 Å². The second-order valence-electron chi connectivity index (χ2n) is 5.45. The Bertz CT molecular complexity index is 718. The van der Waals surface area contributed by atoms with Crippen molar-refractivity contribution in [3.8, 4) is 0 Å². The molecule has 2 aromatic rings. The van der Waals surface area contributed by atoms with Crippen LogP contribution >= 0.6 is 0 Å². The van der Waals surface area contributed by atoms with Crippen LogP contribution in [0.2, 0.25) is 0 Å². The largest absolute Gasteiger partial charge is 0.312 e. The van der Waals surface area contributed by atoms with Gasteiger partial charge in [0.05, 0.1) is 0 Å². The molecule has 116 valence electrons. The number of halogens is 2. The highest BCUT2D eigenvalue weighted by Crippen LogP contribution is 2.44. The van der Waals surface area contributed by atoms with Gasteiger partial charge in [-0.3, -0.25) is 0 Å². The number of hydrogen-bond acceptors (Lipinski definition) is 0. The molecule has 0 unspecified atom stereocenters. The average Bonchev–Trinajstić information content (AvgIpc) is 2.52. The number of hydrogen-bond donors (Lipinski definition) is 0. The van der Waals surface area contributed by atoms with Gasteiger partial charge >= 0.3 is 0 Å². The van der Waals surface area contributed by atoms with Crippen molar-refractivity contribution in [2.24, 2.45) is 0 Å². The van der Waals surface area contributed by atoms with Gasteiger partial charge < -0.3 is 9.69 Å². The van der Waals surface area contributed by atoms with E-state index in [0.717, 1.165) is 30.4 Å². The lowest BCUT2D eigenvalue weighted by Gasteiger charge is -2.30. The van der Waals surface area contributed by atoms with Crippen LogP contribution in [0, 0.1) is 24.8 Å². The van der Waals surface area contributed by atoms with E-state index in [0.29, 0.717) is 6.54 Å². The highest BCUT2D eigenvalue weighted by atomic mass is 19.1. The van der Waals surface area contributed by atoms with Gasteiger partial charge in [-0.05, 0) is 55.0 Å². The summed E-state index contributed by atoms with van der Waals surface area (Å²) in [5.41, 5.74) is 1.50. The first-order valence-electron chi connectivity index (χ1n) is 7.32. The summed E-state index contributed by atoms with van der Waals surface area (Å²) in [7, 11) is 0. The van der Waals surface area contributed by atoms with Crippen LogP contribution in [0.15, 0.2) is 48.5 Å². The highest BCUT2D eigenvalue weighted by Gasteiger charge is 2.45. The Balaban J connectivity index is 0.000000174. The summed E-state index contributed by atoms with van der Waals surface area (Å²) in [5.74, 6) is -0.489. The Hall–Kier alpha value is -2.72. The molecule has 2 nitrogen and oxygen atoms in total. The van der Waals surface area contributed by atoms with E-state index in [-0.39, 0.29) is 17.2 Å². The maximum Gasteiger partial charge on any atom is 0.257 e. The van der Waals surface area contributed by atoms with Crippen LogP contribution in [0.4, 0.5) is 8.78 Å². The van der Waals surface area contributed by atoms with Crippen molar-refractivity contribution in [1.29, 1.82) is 0 Å². The summed E-state index contributed by atoms with van der Waals surface area (Å²) >= 11 is 0. The summed E-state index contributed by atoms with van der Waals surface area (Å²) in [6, 6.07) is 12.3. The Labute approximate surface area is 135 Å². The van der Waals surface area contributed by atoms with Crippen LogP contribution in [0.25, 0.3) is 9.69 Å². The van der Waals surface area contributed by atoms with E-state index in [9.17, 15) is 8.78 Å². The van der Waals surface area contributed by atoms with Gasteiger partial charge in [-0.2, -0.15) is 0 Å². The lowest BCUT2D eigenvalue weighted by atomic mass is 9.72. The predicted molar refractivity (Wildman–Crippen MR) is 85.2 cm³/mol. The molecule has 1 aliphatic carbocycles. The molecule has 0 aliphatic heterocycles. The molecule has 0 heterocycles. The van der Waals surface area contributed by atoms with Crippen molar-refractivity contribution in [3.63, 3.8) is 0 Å². The van der Waals surface area contributed by atoms with E-state index in [2.05, 4.69) is 9.69 Å². The Morgan fingerprint density at radius 2 is 1.39 bits per heavy atom. The quantitative estimate of drug-likeness (QED) is 0.659. The lowest BCUT2D eigenvalue weighted by Crippen LogP contribution is -2.30. The van der Waals surface area contributed by atoms with Crippen LogP contribution in [-0.2, 0) is 12.1 Å². The molecule has 2 aromatic carbocycles. The fourth-order valence-electron chi connectivity index (χ4n) is 2.42. The molecule has 4 heteroatoms. The van der Waals surface area contributed by atoms with Gasteiger partial charge in [0, 0.05) is 24.0 Å². The molecule has 1 saturated carbocycles. The van der Waals surface area contributed by atoms with Gasteiger partial charge in [0.1, 0.15) is 11.6 Å². The van der Waals surface area contributed by atoms with Gasteiger partial charge in [0.15, 0.2) is 0 Å². The summed E-state index contributed by atoms with van der Waals surface area (Å²) in [6.45, 7) is 14.0. The van der Waals surface area contributed by atoms with Crippen LogP contribution in [-0.4, -0.2) is 0 Å². The molecular formula is C19H16F2N2. The van der Waals surface area contributed by atoms with Crippen molar-refractivity contribution in [3.05, 3.63) is 94.1 Å². The summed E-state index contributed by atoms with van der Waals surface area (Å²) in [4.78, 5) is 6.82. The number of benzene rings is 2. The van der Waals surface area contributed by atoms with Gasteiger partial charge in [0.2, 0.25) is 6.54 Å². The maximum atomic E-state index is 12.6. The smallest absolute Gasteiger partial charge is 0.257 e. The number of nitrogens with zero attached hydrogens (tertiary/aromatic N) is 2. The van der Waals surface area contributed by atoms with Crippen LogP contribution in [0.5, 0.6) is 0 Å².